The van der Waals surface area contributed by atoms with E-state index >= 15 is 0 Å². The second kappa shape index (κ2) is 8.77. The van der Waals surface area contributed by atoms with Crippen molar-refractivity contribution in [1.82, 2.24) is 5.32 Å². The van der Waals surface area contributed by atoms with Gasteiger partial charge in [-0.3, -0.25) is 5.32 Å². The first kappa shape index (κ1) is 27.6. The molecule has 4 nitrogen and oxygen atoms in total. The molecule has 0 aliphatic heterocycles. The van der Waals surface area contributed by atoms with Crippen LogP contribution in [-0.4, -0.2) is 70.5 Å². The zero-order chi connectivity index (χ0) is 23.6. The molecule has 0 aliphatic carbocycles. The Morgan fingerprint density at radius 1 is 0.897 bits per heavy atom. The van der Waals surface area contributed by atoms with Gasteiger partial charge in [0.1, 0.15) is 5.85 Å². The van der Waals surface area contributed by atoms with E-state index < -0.39 is 63.4 Å². The summed E-state index contributed by atoms with van der Waals surface area (Å²) in [5, 5.41) is 1.74. The zero-order valence-electron chi connectivity index (χ0n) is 14.7. The van der Waals surface area contributed by atoms with Crippen LogP contribution in [0.2, 0.25) is 13.1 Å². The Kier molecular flexibility index (Phi) is 8.35. The van der Waals surface area contributed by atoms with Crippen molar-refractivity contribution in [2.75, 3.05) is 13.7 Å². The van der Waals surface area contributed by atoms with Crippen LogP contribution in [0.4, 0.5) is 57.5 Å². The summed E-state index contributed by atoms with van der Waals surface area (Å²) in [6.45, 7) is 0.153. The zero-order valence-corrected chi connectivity index (χ0v) is 15.9. The third-order valence-corrected chi connectivity index (χ3v) is 5.09. The number of rotatable bonds is 10. The number of hydrogen-bond acceptors (Lipinski definition) is 3. The summed E-state index contributed by atoms with van der Waals surface area (Å²) in [7, 11) is -0.817. The lowest BCUT2D eigenvalue weighted by atomic mass is 9.94. The molecule has 1 atom stereocenters. The molecule has 0 spiro atoms. The highest BCUT2D eigenvalue weighted by Crippen LogP contribution is 2.58. The molecule has 0 heterocycles. The quantitative estimate of drug-likeness (QED) is 0.292. The molecule has 1 N–H and O–H groups in total. The van der Waals surface area contributed by atoms with Crippen molar-refractivity contribution in [1.29, 1.82) is 0 Å². The summed E-state index contributed by atoms with van der Waals surface area (Å²) >= 11 is 0. The van der Waals surface area contributed by atoms with E-state index in [-0.39, 0.29) is 0 Å². The fourth-order valence-corrected chi connectivity index (χ4v) is 2.69. The third kappa shape index (κ3) is 5.03. The van der Waals surface area contributed by atoms with E-state index in [4.69, 9.17) is 0 Å². The van der Waals surface area contributed by atoms with Crippen LogP contribution >= 0.6 is 0 Å². The highest BCUT2D eigenvalue weighted by Gasteiger charge is 2.87. The Hall–Kier alpha value is -1.39. The fraction of sp³-hybridized carbons (Fsp3) is 0.917. The van der Waals surface area contributed by atoms with Gasteiger partial charge in [-0.25, -0.2) is 13.6 Å². The lowest BCUT2D eigenvalue weighted by Crippen LogP contribution is -2.69. The SMILES string of the molecule is COC(NC(=O)OCC(F)(F)C(F)(F)C(F)(F)C(F)(F)C(F)(F)C(F)F)[SiH](C)C. The molecule has 29 heavy (non-hydrogen) atoms. The molecule has 0 aromatic rings. The number of ether oxygens (including phenoxy) is 2. The van der Waals surface area contributed by atoms with Gasteiger partial charge < -0.3 is 9.47 Å². The van der Waals surface area contributed by atoms with Crippen molar-refractivity contribution >= 4 is 14.9 Å². The topological polar surface area (TPSA) is 47.6 Å². The number of methoxy groups -OCH3 is 1. The molecule has 0 aliphatic rings. The van der Waals surface area contributed by atoms with Crippen LogP contribution < -0.4 is 5.32 Å². The summed E-state index contributed by atoms with van der Waals surface area (Å²) in [6, 6.07) is 0. The molecule has 17 heteroatoms. The van der Waals surface area contributed by atoms with Gasteiger partial charge in [-0.2, -0.15) is 43.9 Å². The van der Waals surface area contributed by atoms with Crippen molar-refractivity contribution < 1.29 is 67.0 Å². The van der Waals surface area contributed by atoms with E-state index in [0.717, 1.165) is 7.11 Å². The van der Waals surface area contributed by atoms with E-state index in [0.29, 0.717) is 0 Å². The van der Waals surface area contributed by atoms with Gasteiger partial charge in [-0.1, -0.05) is 13.1 Å². The van der Waals surface area contributed by atoms with Gasteiger partial charge in [0.25, 0.3) is 0 Å². The Labute approximate surface area is 157 Å². The Bertz CT molecular complexity index is 572. The van der Waals surface area contributed by atoms with E-state index in [9.17, 15) is 57.5 Å². The molecule has 0 aromatic heterocycles. The second-order valence-corrected chi connectivity index (χ2v) is 9.07. The molecule has 0 aromatic carbocycles. The average molecular weight is 477 g/mol. The maximum atomic E-state index is 13.4. The molecule has 0 bridgehead atoms. The lowest BCUT2D eigenvalue weighted by Gasteiger charge is -2.38. The van der Waals surface area contributed by atoms with Gasteiger partial charge in [0.2, 0.25) is 0 Å². The monoisotopic (exact) mass is 477 g/mol. The van der Waals surface area contributed by atoms with Crippen LogP contribution in [0.25, 0.3) is 0 Å². The molecule has 174 valence electrons. The number of halogens is 12. The lowest BCUT2D eigenvalue weighted by molar-refractivity contribution is -0.414. The molecule has 0 radical (unpaired) electrons. The molecular formula is C12H15F12NO3Si. The molecular weight excluding hydrogens is 462 g/mol. The second-order valence-electron chi connectivity index (χ2n) is 5.97. The van der Waals surface area contributed by atoms with Crippen LogP contribution in [-0.2, 0) is 9.47 Å². The molecule has 0 saturated heterocycles. The summed E-state index contributed by atoms with van der Waals surface area (Å²) in [4.78, 5) is 11.3. The van der Waals surface area contributed by atoms with Gasteiger partial charge >= 0.3 is 42.1 Å². The summed E-state index contributed by atoms with van der Waals surface area (Å²) < 4.78 is 164. The van der Waals surface area contributed by atoms with E-state index in [2.05, 4.69) is 9.47 Å². The molecule has 0 fully saturated rings. The smallest absolute Gasteiger partial charge is 0.409 e. The van der Waals surface area contributed by atoms with Crippen molar-refractivity contribution in [2.24, 2.45) is 0 Å². The van der Waals surface area contributed by atoms with Crippen molar-refractivity contribution in [3.8, 4) is 0 Å². The first-order valence-corrected chi connectivity index (χ1v) is 10.3. The van der Waals surface area contributed by atoms with Gasteiger partial charge in [-0.15, -0.1) is 0 Å². The normalized spacial score (nSPS) is 15.6. The molecule has 0 rings (SSSR count). The van der Waals surface area contributed by atoms with Crippen molar-refractivity contribution in [2.45, 2.75) is 55.0 Å². The van der Waals surface area contributed by atoms with Crippen LogP contribution in [0.3, 0.4) is 0 Å². The number of alkyl carbamates (subject to hydrolysis) is 1. The minimum atomic E-state index is -7.66. The first-order chi connectivity index (χ1) is 12.7. The minimum absolute atomic E-state index is 1.05. The third-order valence-electron chi connectivity index (χ3n) is 3.44. The summed E-state index contributed by atoms with van der Waals surface area (Å²) in [5.41, 5.74) is 0. The highest BCUT2D eigenvalue weighted by atomic mass is 28.3. The molecule has 1 amide bonds. The average Bonchev–Trinajstić information content (AvgIpc) is 2.56. The predicted octanol–water partition coefficient (Wildman–Crippen LogP) is 4.15. The number of nitrogens with one attached hydrogen (secondary N) is 1. The van der Waals surface area contributed by atoms with Gasteiger partial charge in [0, 0.05) is 7.11 Å². The number of amides is 1. The van der Waals surface area contributed by atoms with Gasteiger partial charge in [0.15, 0.2) is 6.61 Å². The van der Waals surface area contributed by atoms with E-state index in [1.54, 1.807) is 18.4 Å². The maximum absolute atomic E-state index is 13.4. The number of alkyl halides is 12. The summed E-state index contributed by atoms with van der Waals surface area (Å²) in [5.74, 6) is -37.1. The van der Waals surface area contributed by atoms with E-state index in [1.165, 1.54) is 0 Å². The number of carbonyl (C=O) groups excluding carboxylic acids is 1. The van der Waals surface area contributed by atoms with E-state index in [1.807, 2.05) is 0 Å². The molecule has 1 unspecified atom stereocenters. The fourth-order valence-electron chi connectivity index (χ4n) is 1.68. The standard InChI is InChI=1S/C12H15F12NO3Si/c1-27-7(29(2)3)25-6(26)28-4-8(15,16)10(19,20)12(23,24)11(21,22)9(17,18)5(13)14/h5,7,29H,4H2,1-3H3,(H,25,26). The van der Waals surface area contributed by atoms with Crippen molar-refractivity contribution in [3.63, 3.8) is 0 Å². The predicted molar refractivity (Wildman–Crippen MR) is 74.9 cm³/mol. The van der Waals surface area contributed by atoms with Gasteiger partial charge in [-0.05, 0) is 0 Å². The summed E-state index contributed by atoms with van der Waals surface area (Å²) in [6.07, 6.45) is -7.48. The highest BCUT2D eigenvalue weighted by molar-refractivity contribution is 6.57. The van der Waals surface area contributed by atoms with Crippen LogP contribution in [0, 0.1) is 0 Å². The molecule has 0 saturated carbocycles. The Morgan fingerprint density at radius 2 is 1.34 bits per heavy atom. The minimum Gasteiger partial charge on any atom is -0.443 e. The van der Waals surface area contributed by atoms with Gasteiger partial charge in [0.05, 0.1) is 8.80 Å². The van der Waals surface area contributed by atoms with Crippen LogP contribution in [0.5, 0.6) is 0 Å². The first-order valence-electron chi connectivity index (χ1n) is 7.34. The largest absolute Gasteiger partial charge is 0.443 e. The van der Waals surface area contributed by atoms with Crippen molar-refractivity contribution in [3.05, 3.63) is 0 Å². The van der Waals surface area contributed by atoms with Crippen LogP contribution in [0.1, 0.15) is 0 Å². The Balaban J connectivity index is 5.61. The number of hydrogen-bond donors (Lipinski definition) is 1. The van der Waals surface area contributed by atoms with Crippen LogP contribution in [0.15, 0.2) is 0 Å². The maximum Gasteiger partial charge on any atom is 0.409 e. The Morgan fingerprint density at radius 3 is 1.69 bits per heavy atom. The number of carbonyl (C=O) groups is 1.